The summed E-state index contributed by atoms with van der Waals surface area (Å²) in [5.41, 5.74) is 0. The van der Waals surface area contributed by atoms with Gasteiger partial charge in [-0.3, -0.25) is 4.79 Å². The molecular formula is C17H30N2O3. The monoisotopic (exact) mass is 310 g/mol. The van der Waals surface area contributed by atoms with Crippen LogP contribution < -0.4 is 0 Å². The number of likely N-dealkylation sites (tertiary alicyclic amines) is 2. The van der Waals surface area contributed by atoms with Crippen LogP contribution in [0.1, 0.15) is 38.5 Å². The van der Waals surface area contributed by atoms with Crippen LogP contribution in [0.2, 0.25) is 0 Å². The Hall–Kier alpha value is -0.650. The van der Waals surface area contributed by atoms with Crippen molar-refractivity contribution in [2.45, 2.75) is 44.6 Å². The van der Waals surface area contributed by atoms with Crippen molar-refractivity contribution < 1.29 is 14.3 Å². The summed E-state index contributed by atoms with van der Waals surface area (Å²) >= 11 is 0. The van der Waals surface area contributed by atoms with E-state index in [0.29, 0.717) is 12.0 Å². The first-order valence-corrected chi connectivity index (χ1v) is 9.03. The molecule has 0 aromatic carbocycles. The van der Waals surface area contributed by atoms with E-state index in [1.165, 1.54) is 19.3 Å². The quantitative estimate of drug-likeness (QED) is 0.698. The predicted molar refractivity (Wildman–Crippen MR) is 84.8 cm³/mol. The lowest BCUT2D eigenvalue weighted by atomic mass is 9.96. The van der Waals surface area contributed by atoms with Gasteiger partial charge in [-0.2, -0.15) is 0 Å². The zero-order valence-corrected chi connectivity index (χ0v) is 13.7. The Morgan fingerprint density at radius 3 is 2.73 bits per heavy atom. The smallest absolute Gasteiger partial charge is 0.226 e. The van der Waals surface area contributed by atoms with Gasteiger partial charge in [0, 0.05) is 32.8 Å². The highest BCUT2D eigenvalue weighted by molar-refractivity contribution is 5.79. The first-order valence-electron chi connectivity index (χ1n) is 9.03. The van der Waals surface area contributed by atoms with Crippen molar-refractivity contribution in [1.82, 2.24) is 9.80 Å². The van der Waals surface area contributed by atoms with E-state index in [2.05, 4.69) is 9.80 Å². The molecule has 5 heteroatoms. The van der Waals surface area contributed by atoms with Gasteiger partial charge in [0.05, 0.1) is 25.2 Å². The van der Waals surface area contributed by atoms with E-state index in [9.17, 15) is 4.79 Å². The van der Waals surface area contributed by atoms with Crippen molar-refractivity contribution in [3.8, 4) is 0 Å². The molecule has 3 fully saturated rings. The molecule has 3 heterocycles. The van der Waals surface area contributed by atoms with Crippen LogP contribution in [0, 0.1) is 5.92 Å². The molecule has 0 spiro atoms. The Balaban J connectivity index is 1.34. The van der Waals surface area contributed by atoms with E-state index in [0.717, 1.165) is 71.8 Å². The number of carbonyl (C=O) groups is 1. The van der Waals surface area contributed by atoms with Crippen LogP contribution in [0.15, 0.2) is 0 Å². The van der Waals surface area contributed by atoms with E-state index < -0.39 is 0 Å². The zero-order chi connectivity index (χ0) is 15.2. The minimum atomic E-state index is 0.213. The van der Waals surface area contributed by atoms with Gasteiger partial charge in [0.25, 0.3) is 0 Å². The Morgan fingerprint density at radius 1 is 1.09 bits per heavy atom. The molecule has 126 valence electrons. The van der Waals surface area contributed by atoms with Gasteiger partial charge in [0.2, 0.25) is 5.91 Å². The van der Waals surface area contributed by atoms with Crippen LogP contribution in [0.25, 0.3) is 0 Å². The second kappa shape index (κ2) is 8.27. The van der Waals surface area contributed by atoms with Gasteiger partial charge < -0.3 is 19.3 Å². The Morgan fingerprint density at radius 2 is 1.95 bits per heavy atom. The maximum atomic E-state index is 12.5. The molecule has 3 aliphatic rings. The van der Waals surface area contributed by atoms with E-state index in [1.54, 1.807) is 0 Å². The third-order valence-electron chi connectivity index (χ3n) is 5.15. The molecule has 0 bridgehead atoms. The lowest BCUT2D eigenvalue weighted by molar-refractivity contribution is -0.136. The van der Waals surface area contributed by atoms with Crippen LogP contribution in [-0.4, -0.2) is 74.4 Å². The largest absolute Gasteiger partial charge is 0.377 e. The minimum absolute atomic E-state index is 0.213. The van der Waals surface area contributed by atoms with Crippen LogP contribution in [0.3, 0.4) is 0 Å². The van der Waals surface area contributed by atoms with Crippen molar-refractivity contribution in [2.24, 2.45) is 5.92 Å². The lowest BCUT2D eigenvalue weighted by Gasteiger charge is -2.33. The molecule has 0 aromatic rings. The predicted octanol–water partition coefficient (Wildman–Crippen LogP) is 1.52. The van der Waals surface area contributed by atoms with Gasteiger partial charge >= 0.3 is 0 Å². The first kappa shape index (κ1) is 16.2. The average Bonchev–Trinajstić information content (AvgIpc) is 3.24. The van der Waals surface area contributed by atoms with Gasteiger partial charge in [-0.25, -0.2) is 0 Å². The van der Waals surface area contributed by atoms with Crippen LogP contribution in [0.4, 0.5) is 0 Å². The summed E-state index contributed by atoms with van der Waals surface area (Å²) in [5, 5.41) is 0. The molecule has 0 N–H and O–H groups in total. The molecule has 1 amide bonds. The highest BCUT2D eigenvalue weighted by Gasteiger charge is 2.30. The summed E-state index contributed by atoms with van der Waals surface area (Å²) < 4.78 is 11.3. The highest BCUT2D eigenvalue weighted by Crippen LogP contribution is 2.21. The number of carbonyl (C=O) groups excluding carboxylic acids is 1. The average molecular weight is 310 g/mol. The second-order valence-electron chi connectivity index (χ2n) is 6.88. The fourth-order valence-corrected chi connectivity index (χ4v) is 3.84. The molecule has 0 aromatic heterocycles. The van der Waals surface area contributed by atoms with E-state index in [1.807, 2.05) is 0 Å². The highest BCUT2D eigenvalue weighted by atomic mass is 16.5. The molecule has 0 saturated carbocycles. The molecule has 5 nitrogen and oxygen atoms in total. The Kier molecular flexibility index (Phi) is 6.10. The summed E-state index contributed by atoms with van der Waals surface area (Å²) in [7, 11) is 0. The van der Waals surface area contributed by atoms with Gasteiger partial charge in [0.15, 0.2) is 0 Å². The van der Waals surface area contributed by atoms with Crippen LogP contribution in [0.5, 0.6) is 0 Å². The van der Waals surface area contributed by atoms with Crippen molar-refractivity contribution in [1.29, 1.82) is 0 Å². The van der Waals surface area contributed by atoms with Crippen molar-refractivity contribution >= 4 is 5.91 Å². The summed E-state index contributed by atoms with van der Waals surface area (Å²) in [6.07, 6.45) is 7.17. The maximum Gasteiger partial charge on any atom is 0.226 e. The molecule has 22 heavy (non-hydrogen) atoms. The summed E-state index contributed by atoms with van der Waals surface area (Å²) in [6.45, 7) is 7.27. The van der Waals surface area contributed by atoms with Crippen LogP contribution in [-0.2, 0) is 14.3 Å². The first-order chi connectivity index (χ1) is 10.8. The van der Waals surface area contributed by atoms with Gasteiger partial charge in [-0.1, -0.05) is 0 Å². The number of nitrogens with zero attached hydrogens (tertiary/aromatic N) is 2. The number of amides is 1. The van der Waals surface area contributed by atoms with Gasteiger partial charge in [-0.05, 0) is 45.1 Å². The summed E-state index contributed by atoms with van der Waals surface area (Å²) in [6, 6.07) is 0. The standard InChI is InChI=1S/C17H30N2O3/c20-17(19-8-1-2-9-19)15-5-3-7-18(13-15)10-12-21-14-16-6-4-11-22-16/h15-16H,1-14H2. The Labute approximate surface area is 133 Å². The SMILES string of the molecule is O=C(C1CCCN(CCOCC2CCCO2)C1)N1CCCC1. The Bertz CT molecular complexity index is 352. The third kappa shape index (κ3) is 4.43. The number of hydrogen-bond acceptors (Lipinski definition) is 4. The number of piperidine rings is 1. The topological polar surface area (TPSA) is 42.0 Å². The summed E-state index contributed by atoms with van der Waals surface area (Å²) in [4.78, 5) is 17.0. The molecule has 2 unspecified atom stereocenters. The fraction of sp³-hybridized carbons (Fsp3) is 0.941. The molecule has 3 rings (SSSR count). The molecule has 2 atom stereocenters. The van der Waals surface area contributed by atoms with Crippen LogP contribution >= 0.6 is 0 Å². The van der Waals surface area contributed by atoms with Crippen molar-refractivity contribution in [3.05, 3.63) is 0 Å². The van der Waals surface area contributed by atoms with E-state index >= 15 is 0 Å². The molecule has 3 saturated heterocycles. The van der Waals surface area contributed by atoms with E-state index in [4.69, 9.17) is 9.47 Å². The summed E-state index contributed by atoms with van der Waals surface area (Å²) in [5.74, 6) is 0.604. The fourth-order valence-electron chi connectivity index (χ4n) is 3.84. The normalized spacial score (nSPS) is 30.1. The number of ether oxygens (including phenoxy) is 2. The van der Waals surface area contributed by atoms with Crippen molar-refractivity contribution in [3.63, 3.8) is 0 Å². The number of rotatable bonds is 6. The molecule has 0 radical (unpaired) electrons. The maximum absolute atomic E-state index is 12.5. The van der Waals surface area contributed by atoms with Gasteiger partial charge in [0.1, 0.15) is 0 Å². The number of hydrogen-bond donors (Lipinski definition) is 0. The lowest BCUT2D eigenvalue weighted by Crippen LogP contribution is -2.45. The molecule has 0 aliphatic carbocycles. The van der Waals surface area contributed by atoms with E-state index in [-0.39, 0.29) is 5.92 Å². The second-order valence-corrected chi connectivity index (χ2v) is 6.88. The van der Waals surface area contributed by atoms with Crippen molar-refractivity contribution in [2.75, 3.05) is 52.5 Å². The zero-order valence-electron chi connectivity index (χ0n) is 13.7. The minimum Gasteiger partial charge on any atom is -0.377 e. The van der Waals surface area contributed by atoms with Gasteiger partial charge in [-0.15, -0.1) is 0 Å². The molecular weight excluding hydrogens is 280 g/mol. The molecule has 3 aliphatic heterocycles. The third-order valence-corrected chi connectivity index (χ3v) is 5.15.